The highest BCUT2D eigenvalue weighted by Crippen LogP contribution is 2.05. The van der Waals surface area contributed by atoms with Crippen LogP contribution in [0.4, 0.5) is 0 Å². The molecule has 0 aliphatic carbocycles. The smallest absolute Gasteiger partial charge is 0.0589 e. The second-order valence-electron chi connectivity index (χ2n) is 4.24. The van der Waals surface area contributed by atoms with Gasteiger partial charge in [-0.25, -0.2) is 0 Å². The van der Waals surface area contributed by atoms with Crippen molar-refractivity contribution < 1.29 is 9.47 Å². The van der Waals surface area contributed by atoms with E-state index in [0.717, 1.165) is 45.8 Å². The minimum absolute atomic E-state index is 0.599. The number of rotatable bonds is 12. The largest absolute Gasteiger partial charge is 0.385 e. The predicted octanol–water partition coefficient (Wildman–Crippen LogP) is 1.36. The fourth-order valence-electron chi connectivity index (χ4n) is 1.94. The molecule has 0 aliphatic rings. The Morgan fingerprint density at radius 1 is 1.06 bits per heavy atom. The Labute approximate surface area is 107 Å². The lowest BCUT2D eigenvalue weighted by molar-refractivity contribution is 0.104. The Bertz CT molecular complexity index is 156. The SMILES string of the molecule is CCNCC(CC)N(CCCOC)CCOC. The van der Waals surface area contributed by atoms with Crippen molar-refractivity contribution in [1.29, 1.82) is 0 Å². The molecule has 0 aromatic carbocycles. The summed E-state index contributed by atoms with van der Waals surface area (Å²) in [4.78, 5) is 2.51. The minimum atomic E-state index is 0.599. The molecule has 0 fully saturated rings. The number of hydrogen-bond acceptors (Lipinski definition) is 4. The predicted molar refractivity (Wildman–Crippen MR) is 72.6 cm³/mol. The van der Waals surface area contributed by atoms with Crippen molar-refractivity contribution in [2.45, 2.75) is 32.7 Å². The summed E-state index contributed by atoms with van der Waals surface area (Å²) in [6.45, 7) is 10.2. The molecule has 4 nitrogen and oxygen atoms in total. The zero-order chi connectivity index (χ0) is 12.9. The van der Waals surface area contributed by atoms with E-state index in [1.165, 1.54) is 6.42 Å². The van der Waals surface area contributed by atoms with Crippen LogP contribution in [0.3, 0.4) is 0 Å². The van der Waals surface area contributed by atoms with Gasteiger partial charge in [0.15, 0.2) is 0 Å². The lowest BCUT2D eigenvalue weighted by Gasteiger charge is -2.31. The van der Waals surface area contributed by atoms with E-state index in [0.29, 0.717) is 6.04 Å². The normalized spacial score (nSPS) is 13.2. The molecule has 0 radical (unpaired) electrons. The van der Waals surface area contributed by atoms with Gasteiger partial charge in [-0.05, 0) is 19.4 Å². The summed E-state index contributed by atoms with van der Waals surface area (Å²) in [5, 5.41) is 3.43. The van der Waals surface area contributed by atoms with E-state index in [2.05, 4.69) is 24.1 Å². The van der Waals surface area contributed by atoms with Gasteiger partial charge in [-0.2, -0.15) is 0 Å². The zero-order valence-corrected chi connectivity index (χ0v) is 12.0. The van der Waals surface area contributed by atoms with E-state index in [4.69, 9.17) is 9.47 Å². The fourth-order valence-corrected chi connectivity index (χ4v) is 1.94. The molecule has 0 spiro atoms. The summed E-state index contributed by atoms with van der Waals surface area (Å²) >= 11 is 0. The highest BCUT2D eigenvalue weighted by atomic mass is 16.5. The summed E-state index contributed by atoms with van der Waals surface area (Å²) in [5.41, 5.74) is 0. The third-order valence-electron chi connectivity index (χ3n) is 2.99. The average Bonchev–Trinajstić information content (AvgIpc) is 2.36. The Kier molecular flexibility index (Phi) is 12.2. The number of likely N-dealkylation sites (N-methyl/N-ethyl adjacent to an activating group) is 1. The number of nitrogens with one attached hydrogen (secondary N) is 1. The summed E-state index contributed by atoms with van der Waals surface area (Å²) in [7, 11) is 3.52. The van der Waals surface area contributed by atoms with Crippen LogP contribution in [0, 0.1) is 0 Å². The Morgan fingerprint density at radius 2 is 1.76 bits per heavy atom. The standard InChI is InChI=1S/C13H30N2O2/c1-5-13(12-14-6-2)15(9-11-17-4)8-7-10-16-3/h13-14H,5-12H2,1-4H3. The number of methoxy groups -OCH3 is 2. The van der Waals surface area contributed by atoms with Crippen LogP contribution in [-0.4, -0.2) is 64.6 Å². The van der Waals surface area contributed by atoms with Crippen molar-refractivity contribution in [2.24, 2.45) is 0 Å². The Balaban J connectivity index is 4.08. The number of nitrogens with zero attached hydrogens (tertiary/aromatic N) is 1. The molecule has 17 heavy (non-hydrogen) atoms. The van der Waals surface area contributed by atoms with Crippen molar-refractivity contribution in [3.63, 3.8) is 0 Å². The zero-order valence-electron chi connectivity index (χ0n) is 12.0. The van der Waals surface area contributed by atoms with Crippen molar-refractivity contribution in [3.8, 4) is 0 Å². The van der Waals surface area contributed by atoms with Crippen molar-refractivity contribution in [3.05, 3.63) is 0 Å². The molecule has 0 saturated carbocycles. The molecular weight excluding hydrogens is 216 g/mol. The van der Waals surface area contributed by atoms with Crippen molar-refractivity contribution in [2.75, 3.05) is 53.6 Å². The molecule has 0 amide bonds. The molecule has 0 aliphatic heterocycles. The van der Waals surface area contributed by atoms with E-state index in [9.17, 15) is 0 Å². The highest BCUT2D eigenvalue weighted by molar-refractivity contribution is 4.72. The lowest BCUT2D eigenvalue weighted by atomic mass is 10.1. The van der Waals surface area contributed by atoms with Crippen LogP contribution < -0.4 is 5.32 Å². The summed E-state index contributed by atoms with van der Waals surface area (Å²) in [6, 6.07) is 0.599. The maximum Gasteiger partial charge on any atom is 0.0589 e. The van der Waals surface area contributed by atoms with Gasteiger partial charge in [0.1, 0.15) is 0 Å². The van der Waals surface area contributed by atoms with Gasteiger partial charge in [0.2, 0.25) is 0 Å². The molecule has 0 aromatic heterocycles. The first-order valence-electron chi connectivity index (χ1n) is 6.72. The molecule has 0 heterocycles. The van der Waals surface area contributed by atoms with Gasteiger partial charge in [0, 0.05) is 46.5 Å². The van der Waals surface area contributed by atoms with E-state index < -0.39 is 0 Å². The average molecular weight is 246 g/mol. The van der Waals surface area contributed by atoms with Crippen LogP contribution in [0.2, 0.25) is 0 Å². The minimum Gasteiger partial charge on any atom is -0.385 e. The van der Waals surface area contributed by atoms with Crippen LogP contribution in [-0.2, 0) is 9.47 Å². The molecule has 1 unspecified atom stereocenters. The maximum atomic E-state index is 5.18. The van der Waals surface area contributed by atoms with E-state index in [1.54, 1.807) is 14.2 Å². The summed E-state index contributed by atoms with van der Waals surface area (Å²) < 4.78 is 10.3. The van der Waals surface area contributed by atoms with Gasteiger partial charge >= 0.3 is 0 Å². The van der Waals surface area contributed by atoms with E-state index >= 15 is 0 Å². The second kappa shape index (κ2) is 12.3. The molecule has 0 bridgehead atoms. The molecule has 0 saturated heterocycles. The van der Waals surface area contributed by atoms with Gasteiger partial charge in [0.25, 0.3) is 0 Å². The van der Waals surface area contributed by atoms with Crippen LogP contribution >= 0.6 is 0 Å². The van der Waals surface area contributed by atoms with Crippen molar-refractivity contribution in [1.82, 2.24) is 10.2 Å². The van der Waals surface area contributed by atoms with Crippen LogP contribution in [0.1, 0.15) is 26.7 Å². The van der Waals surface area contributed by atoms with Crippen LogP contribution in [0.25, 0.3) is 0 Å². The van der Waals surface area contributed by atoms with Crippen LogP contribution in [0.5, 0.6) is 0 Å². The van der Waals surface area contributed by atoms with E-state index in [-0.39, 0.29) is 0 Å². The maximum absolute atomic E-state index is 5.18. The lowest BCUT2D eigenvalue weighted by Crippen LogP contribution is -2.44. The monoisotopic (exact) mass is 246 g/mol. The van der Waals surface area contributed by atoms with Gasteiger partial charge in [-0.15, -0.1) is 0 Å². The second-order valence-corrected chi connectivity index (χ2v) is 4.24. The van der Waals surface area contributed by atoms with Gasteiger partial charge < -0.3 is 14.8 Å². The molecule has 0 aromatic rings. The molecule has 1 atom stereocenters. The first-order chi connectivity index (χ1) is 8.29. The summed E-state index contributed by atoms with van der Waals surface area (Å²) in [5.74, 6) is 0. The van der Waals surface area contributed by atoms with Gasteiger partial charge in [-0.3, -0.25) is 4.90 Å². The molecule has 0 rings (SSSR count). The summed E-state index contributed by atoms with van der Waals surface area (Å²) in [6.07, 6.45) is 2.26. The fraction of sp³-hybridized carbons (Fsp3) is 1.00. The van der Waals surface area contributed by atoms with Crippen LogP contribution in [0.15, 0.2) is 0 Å². The Hall–Kier alpha value is -0.160. The van der Waals surface area contributed by atoms with Crippen molar-refractivity contribution >= 4 is 0 Å². The first-order valence-corrected chi connectivity index (χ1v) is 6.72. The first kappa shape index (κ1) is 16.8. The molecule has 4 heteroatoms. The van der Waals surface area contributed by atoms with Gasteiger partial charge in [-0.1, -0.05) is 13.8 Å². The third-order valence-corrected chi connectivity index (χ3v) is 2.99. The molecule has 104 valence electrons. The highest BCUT2D eigenvalue weighted by Gasteiger charge is 2.15. The molecule has 1 N–H and O–H groups in total. The Morgan fingerprint density at radius 3 is 2.29 bits per heavy atom. The van der Waals surface area contributed by atoms with Gasteiger partial charge in [0.05, 0.1) is 6.61 Å². The van der Waals surface area contributed by atoms with E-state index in [1.807, 2.05) is 0 Å². The topological polar surface area (TPSA) is 33.7 Å². The number of hydrogen-bond donors (Lipinski definition) is 1. The molecular formula is C13H30N2O2. The quantitative estimate of drug-likeness (QED) is 0.527. The third kappa shape index (κ3) is 8.55. The number of ether oxygens (including phenoxy) is 2.